The topological polar surface area (TPSA) is 58.3 Å². The number of nitrogen functional groups attached to an aromatic ring is 1. The predicted octanol–water partition coefficient (Wildman–Crippen LogP) is 0.393. The smallest absolute Gasteiger partial charge is 0.0555 e. The molecule has 3 nitrogen and oxygen atoms in total. The van der Waals surface area contributed by atoms with Crippen molar-refractivity contribution in [3.8, 4) is 0 Å². The quantitative estimate of drug-likeness (QED) is 0.454. The van der Waals surface area contributed by atoms with E-state index in [2.05, 4.69) is 11.4 Å². The van der Waals surface area contributed by atoms with E-state index in [9.17, 15) is 0 Å². The molecule has 0 unspecified atom stereocenters. The Morgan fingerprint density at radius 1 is 1.31 bits per heavy atom. The third-order valence-electron chi connectivity index (χ3n) is 1.83. The molecule has 0 saturated carbocycles. The maximum atomic E-state index is 8.53. The predicted molar refractivity (Wildman–Crippen MR) is 54.5 cm³/mol. The largest absolute Gasteiger partial charge is 0.399 e. The van der Waals surface area contributed by atoms with Crippen LogP contribution in [0, 0.1) is 0 Å². The fourth-order valence-electron chi connectivity index (χ4n) is 1.19. The van der Waals surface area contributed by atoms with Crippen LogP contribution in [0.5, 0.6) is 0 Å². The molecule has 72 valence electrons. The lowest BCUT2D eigenvalue weighted by atomic mass is 10.1. The Hall–Kier alpha value is -1.06. The second-order valence-electron chi connectivity index (χ2n) is 2.97. The van der Waals surface area contributed by atoms with Crippen LogP contribution in [-0.2, 0) is 6.42 Å². The SMILES string of the molecule is Nc1cccc(CCNCCO)c1. The Bertz CT molecular complexity index is 250. The van der Waals surface area contributed by atoms with Gasteiger partial charge in [0.2, 0.25) is 0 Å². The van der Waals surface area contributed by atoms with Gasteiger partial charge < -0.3 is 16.2 Å². The zero-order chi connectivity index (χ0) is 9.52. The molecule has 0 aliphatic rings. The van der Waals surface area contributed by atoms with E-state index in [1.54, 1.807) is 0 Å². The van der Waals surface area contributed by atoms with E-state index in [1.165, 1.54) is 5.56 Å². The van der Waals surface area contributed by atoms with E-state index in [0.29, 0.717) is 6.54 Å². The Labute approximate surface area is 78.6 Å². The van der Waals surface area contributed by atoms with Crippen LogP contribution in [0.2, 0.25) is 0 Å². The molecule has 3 heteroatoms. The van der Waals surface area contributed by atoms with E-state index >= 15 is 0 Å². The summed E-state index contributed by atoms with van der Waals surface area (Å²) in [7, 11) is 0. The van der Waals surface area contributed by atoms with E-state index in [0.717, 1.165) is 18.7 Å². The van der Waals surface area contributed by atoms with Crippen LogP contribution in [0.3, 0.4) is 0 Å². The van der Waals surface area contributed by atoms with Gasteiger partial charge in [-0.25, -0.2) is 0 Å². The van der Waals surface area contributed by atoms with Crippen LogP contribution >= 0.6 is 0 Å². The Kier molecular flexibility index (Phi) is 4.29. The summed E-state index contributed by atoms with van der Waals surface area (Å²) in [5.41, 5.74) is 7.66. The van der Waals surface area contributed by atoms with Crippen molar-refractivity contribution in [3.63, 3.8) is 0 Å². The highest BCUT2D eigenvalue weighted by Gasteiger charge is 1.92. The normalized spacial score (nSPS) is 10.2. The van der Waals surface area contributed by atoms with Gasteiger partial charge in [0.05, 0.1) is 6.61 Å². The minimum atomic E-state index is 0.191. The monoisotopic (exact) mass is 180 g/mol. The van der Waals surface area contributed by atoms with Crippen LogP contribution in [0.4, 0.5) is 5.69 Å². The van der Waals surface area contributed by atoms with Crippen LogP contribution in [0.25, 0.3) is 0 Å². The van der Waals surface area contributed by atoms with Gasteiger partial charge in [0.15, 0.2) is 0 Å². The van der Waals surface area contributed by atoms with Gasteiger partial charge in [0.1, 0.15) is 0 Å². The molecule has 0 amide bonds. The van der Waals surface area contributed by atoms with Crippen molar-refractivity contribution in [1.29, 1.82) is 0 Å². The molecule has 13 heavy (non-hydrogen) atoms. The Morgan fingerprint density at radius 3 is 2.85 bits per heavy atom. The van der Waals surface area contributed by atoms with Crippen molar-refractivity contribution in [2.45, 2.75) is 6.42 Å². The summed E-state index contributed by atoms with van der Waals surface area (Å²) in [6, 6.07) is 7.86. The lowest BCUT2D eigenvalue weighted by Crippen LogP contribution is -2.20. The standard InChI is InChI=1S/C10H16N2O/c11-10-3-1-2-9(8-10)4-5-12-6-7-13/h1-3,8,12-13H,4-7,11H2. The van der Waals surface area contributed by atoms with Gasteiger partial charge in [-0.3, -0.25) is 0 Å². The maximum Gasteiger partial charge on any atom is 0.0555 e. The average molecular weight is 180 g/mol. The number of anilines is 1. The zero-order valence-corrected chi connectivity index (χ0v) is 7.66. The molecule has 0 heterocycles. The Balaban J connectivity index is 2.28. The Morgan fingerprint density at radius 2 is 2.15 bits per heavy atom. The third-order valence-corrected chi connectivity index (χ3v) is 1.83. The first kappa shape index (κ1) is 10.0. The number of benzene rings is 1. The van der Waals surface area contributed by atoms with Crippen molar-refractivity contribution < 1.29 is 5.11 Å². The minimum absolute atomic E-state index is 0.191. The second kappa shape index (κ2) is 5.56. The number of rotatable bonds is 5. The number of hydrogen-bond acceptors (Lipinski definition) is 3. The van der Waals surface area contributed by atoms with Crippen molar-refractivity contribution >= 4 is 5.69 Å². The summed E-state index contributed by atoms with van der Waals surface area (Å²) in [6.45, 7) is 1.73. The van der Waals surface area contributed by atoms with Crippen molar-refractivity contribution in [2.75, 3.05) is 25.4 Å². The fourth-order valence-corrected chi connectivity index (χ4v) is 1.19. The second-order valence-corrected chi connectivity index (χ2v) is 2.97. The number of nitrogens with two attached hydrogens (primary N) is 1. The highest BCUT2D eigenvalue weighted by atomic mass is 16.3. The molecule has 0 fully saturated rings. The fraction of sp³-hybridized carbons (Fsp3) is 0.400. The van der Waals surface area contributed by atoms with Crippen LogP contribution in [0.15, 0.2) is 24.3 Å². The summed E-state index contributed by atoms with van der Waals surface area (Å²) in [4.78, 5) is 0. The molecule has 4 N–H and O–H groups in total. The number of aliphatic hydroxyl groups excluding tert-OH is 1. The van der Waals surface area contributed by atoms with Gasteiger partial charge in [-0.05, 0) is 30.7 Å². The molecule has 1 aromatic carbocycles. The number of aliphatic hydroxyl groups is 1. The molecule has 0 spiro atoms. The molecule has 0 atom stereocenters. The zero-order valence-electron chi connectivity index (χ0n) is 7.66. The molecule has 1 rings (SSSR count). The molecule has 0 aromatic heterocycles. The number of nitrogens with one attached hydrogen (secondary N) is 1. The first-order valence-corrected chi connectivity index (χ1v) is 4.49. The van der Waals surface area contributed by atoms with Crippen LogP contribution in [-0.4, -0.2) is 24.8 Å². The molecular formula is C10H16N2O. The summed E-state index contributed by atoms with van der Waals surface area (Å²) < 4.78 is 0. The van der Waals surface area contributed by atoms with E-state index < -0.39 is 0 Å². The summed E-state index contributed by atoms with van der Waals surface area (Å²) >= 11 is 0. The van der Waals surface area contributed by atoms with Crippen LogP contribution in [0.1, 0.15) is 5.56 Å². The summed E-state index contributed by atoms with van der Waals surface area (Å²) in [6.07, 6.45) is 0.949. The molecule has 0 aliphatic heterocycles. The van der Waals surface area contributed by atoms with Gasteiger partial charge in [-0.1, -0.05) is 12.1 Å². The van der Waals surface area contributed by atoms with Crippen LogP contribution < -0.4 is 11.1 Å². The molecule has 0 bridgehead atoms. The lowest BCUT2D eigenvalue weighted by Gasteiger charge is -2.03. The molecular weight excluding hydrogens is 164 g/mol. The van der Waals surface area contributed by atoms with Gasteiger partial charge in [-0.15, -0.1) is 0 Å². The molecule has 0 saturated heterocycles. The molecule has 0 aliphatic carbocycles. The van der Waals surface area contributed by atoms with Crippen molar-refractivity contribution in [3.05, 3.63) is 29.8 Å². The average Bonchev–Trinajstić information content (AvgIpc) is 2.13. The summed E-state index contributed by atoms with van der Waals surface area (Å²) in [5.74, 6) is 0. The van der Waals surface area contributed by atoms with Gasteiger partial charge in [0.25, 0.3) is 0 Å². The summed E-state index contributed by atoms with van der Waals surface area (Å²) in [5, 5.41) is 11.6. The highest BCUT2D eigenvalue weighted by Crippen LogP contribution is 2.06. The third kappa shape index (κ3) is 3.92. The van der Waals surface area contributed by atoms with E-state index in [-0.39, 0.29) is 6.61 Å². The maximum absolute atomic E-state index is 8.53. The number of hydrogen-bond donors (Lipinski definition) is 3. The van der Waals surface area contributed by atoms with Gasteiger partial charge in [-0.2, -0.15) is 0 Å². The van der Waals surface area contributed by atoms with Crippen molar-refractivity contribution in [1.82, 2.24) is 5.32 Å². The first-order valence-electron chi connectivity index (χ1n) is 4.49. The minimum Gasteiger partial charge on any atom is -0.399 e. The lowest BCUT2D eigenvalue weighted by molar-refractivity contribution is 0.293. The van der Waals surface area contributed by atoms with Gasteiger partial charge in [0, 0.05) is 12.2 Å². The van der Waals surface area contributed by atoms with Crippen molar-refractivity contribution in [2.24, 2.45) is 0 Å². The first-order chi connectivity index (χ1) is 6.33. The molecule has 1 aromatic rings. The highest BCUT2D eigenvalue weighted by molar-refractivity contribution is 5.40. The van der Waals surface area contributed by atoms with E-state index in [4.69, 9.17) is 10.8 Å². The van der Waals surface area contributed by atoms with E-state index in [1.807, 2.05) is 18.2 Å². The van der Waals surface area contributed by atoms with Gasteiger partial charge >= 0.3 is 0 Å². The molecule has 0 radical (unpaired) electrons.